The summed E-state index contributed by atoms with van der Waals surface area (Å²) in [7, 11) is 5.52. The van der Waals surface area contributed by atoms with E-state index in [4.69, 9.17) is 11.6 Å². The molecule has 5 nitrogen and oxygen atoms in total. The van der Waals surface area contributed by atoms with Crippen LogP contribution >= 0.6 is 11.6 Å². The van der Waals surface area contributed by atoms with E-state index in [0.717, 1.165) is 13.1 Å². The molecule has 0 aliphatic rings. The van der Waals surface area contributed by atoms with E-state index in [1.807, 2.05) is 19.0 Å². The summed E-state index contributed by atoms with van der Waals surface area (Å²) in [5.74, 6) is 0. The van der Waals surface area contributed by atoms with Crippen molar-refractivity contribution in [2.45, 2.75) is 0 Å². The highest BCUT2D eigenvalue weighted by molar-refractivity contribution is 6.32. The summed E-state index contributed by atoms with van der Waals surface area (Å²) < 4.78 is 1.21. The number of nitrogens with one attached hydrogen (secondary N) is 1. The van der Waals surface area contributed by atoms with Gasteiger partial charge in [0, 0.05) is 20.1 Å². The first-order valence-corrected chi connectivity index (χ1v) is 5.00. The second-order valence-corrected chi connectivity index (χ2v) is 3.91. The first kappa shape index (κ1) is 12.0. The summed E-state index contributed by atoms with van der Waals surface area (Å²) in [5, 5.41) is 7.13. The van der Waals surface area contributed by atoms with Crippen LogP contribution in [0.3, 0.4) is 0 Å². The molecule has 0 amide bonds. The van der Waals surface area contributed by atoms with Crippen molar-refractivity contribution in [2.24, 2.45) is 7.05 Å². The minimum absolute atomic E-state index is 0.186. The van der Waals surface area contributed by atoms with Crippen LogP contribution in [0.15, 0.2) is 11.0 Å². The maximum atomic E-state index is 11.4. The molecule has 1 aromatic rings. The van der Waals surface area contributed by atoms with Crippen molar-refractivity contribution in [2.75, 3.05) is 32.5 Å². The van der Waals surface area contributed by atoms with Crippen LogP contribution in [-0.2, 0) is 7.05 Å². The minimum atomic E-state index is -0.286. The molecule has 1 heterocycles. The molecule has 0 radical (unpaired) electrons. The lowest BCUT2D eigenvalue weighted by Gasteiger charge is -2.12. The fourth-order valence-corrected chi connectivity index (χ4v) is 1.29. The van der Waals surface area contributed by atoms with Gasteiger partial charge in [-0.1, -0.05) is 11.6 Å². The van der Waals surface area contributed by atoms with Crippen LogP contribution in [0, 0.1) is 0 Å². The Morgan fingerprint density at radius 2 is 2.27 bits per heavy atom. The number of nitrogens with zero attached hydrogens (tertiary/aromatic N) is 3. The molecule has 6 heteroatoms. The van der Waals surface area contributed by atoms with Gasteiger partial charge in [0.1, 0.15) is 5.02 Å². The Labute approximate surface area is 93.6 Å². The van der Waals surface area contributed by atoms with Gasteiger partial charge in [-0.05, 0) is 14.1 Å². The molecule has 0 fully saturated rings. The highest BCUT2D eigenvalue weighted by Gasteiger charge is 2.06. The van der Waals surface area contributed by atoms with Crippen molar-refractivity contribution in [3.8, 4) is 0 Å². The van der Waals surface area contributed by atoms with E-state index >= 15 is 0 Å². The zero-order valence-corrected chi connectivity index (χ0v) is 9.88. The van der Waals surface area contributed by atoms with Crippen molar-refractivity contribution < 1.29 is 0 Å². The highest BCUT2D eigenvalue weighted by Crippen LogP contribution is 2.14. The van der Waals surface area contributed by atoms with Gasteiger partial charge in [-0.3, -0.25) is 4.79 Å². The maximum Gasteiger partial charge on any atom is 0.287 e. The molecular formula is C9H15ClN4O. The third-order valence-electron chi connectivity index (χ3n) is 1.95. The van der Waals surface area contributed by atoms with E-state index in [-0.39, 0.29) is 10.6 Å². The van der Waals surface area contributed by atoms with Gasteiger partial charge in [0.05, 0.1) is 11.9 Å². The standard InChI is InChI=1S/C9H15ClN4O/c1-13(2)5-4-11-7-6-12-14(3)9(15)8(7)10/h6,11H,4-5H2,1-3H3. The zero-order valence-electron chi connectivity index (χ0n) is 9.12. The number of halogens is 1. The third kappa shape index (κ3) is 3.21. The average molecular weight is 231 g/mol. The number of anilines is 1. The summed E-state index contributed by atoms with van der Waals surface area (Å²) in [6, 6.07) is 0. The topological polar surface area (TPSA) is 50.2 Å². The van der Waals surface area contributed by atoms with Crippen molar-refractivity contribution in [3.63, 3.8) is 0 Å². The minimum Gasteiger partial charge on any atom is -0.381 e. The van der Waals surface area contributed by atoms with Gasteiger partial charge in [-0.25, -0.2) is 4.68 Å². The van der Waals surface area contributed by atoms with Crippen LogP contribution in [0.5, 0.6) is 0 Å². The molecule has 1 aromatic heterocycles. The van der Waals surface area contributed by atoms with Crippen LogP contribution in [0.25, 0.3) is 0 Å². The second-order valence-electron chi connectivity index (χ2n) is 3.53. The van der Waals surface area contributed by atoms with E-state index in [1.165, 1.54) is 4.68 Å². The molecule has 1 rings (SSSR count). The smallest absolute Gasteiger partial charge is 0.287 e. The van der Waals surface area contributed by atoms with Gasteiger partial charge in [-0.15, -0.1) is 0 Å². The van der Waals surface area contributed by atoms with Crippen molar-refractivity contribution in [3.05, 3.63) is 21.6 Å². The molecule has 0 aliphatic heterocycles. The summed E-state index contributed by atoms with van der Waals surface area (Å²) in [6.45, 7) is 1.59. The Bertz CT molecular complexity index is 388. The number of aromatic nitrogens is 2. The van der Waals surface area contributed by atoms with Gasteiger partial charge in [0.2, 0.25) is 0 Å². The number of likely N-dealkylation sites (N-methyl/N-ethyl adjacent to an activating group) is 1. The van der Waals surface area contributed by atoms with Gasteiger partial charge < -0.3 is 10.2 Å². The molecule has 0 aromatic carbocycles. The summed E-state index contributed by atoms with van der Waals surface area (Å²) in [6.07, 6.45) is 1.55. The number of aryl methyl sites for hydroxylation is 1. The molecular weight excluding hydrogens is 216 g/mol. The Morgan fingerprint density at radius 3 is 2.87 bits per heavy atom. The fraction of sp³-hybridized carbons (Fsp3) is 0.556. The number of hydrogen-bond acceptors (Lipinski definition) is 4. The van der Waals surface area contributed by atoms with E-state index in [9.17, 15) is 4.79 Å². The Morgan fingerprint density at radius 1 is 1.60 bits per heavy atom. The van der Waals surface area contributed by atoms with Crippen molar-refractivity contribution in [1.82, 2.24) is 14.7 Å². The largest absolute Gasteiger partial charge is 0.381 e. The van der Waals surface area contributed by atoms with Gasteiger partial charge in [0.25, 0.3) is 5.56 Å². The van der Waals surface area contributed by atoms with E-state index in [0.29, 0.717) is 5.69 Å². The van der Waals surface area contributed by atoms with Crippen LogP contribution in [0.2, 0.25) is 5.02 Å². The van der Waals surface area contributed by atoms with Crippen LogP contribution in [0.1, 0.15) is 0 Å². The third-order valence-corrected chi connectivity index (χ3v) is 2.32. The normalized spacial score (nSPS) is 10.7. The Kier molecular flexibility index (Phi) is 4.11. The highest BCUT2D eigenvalue weighted by atomic mass is 35.5. The van der Waals surface area contributed by atoms with Gasteiger partial charge in [0.15, 0.2) is 0 Å². The van der Waals surface area contributed by atoms with Gasteiger partial charge in [-0.2, -0.15) is 5.10 Å². The molecule has 0 bridgehead atoms. The lowest BCUT2D eigenvalue weighted by molar-refractivity contribution is 0.425. The second kappa shape index (κ2) is 5.14. The maximum absolute atomic E-state index is 11.4. The summed E-state index contributed by atoms with van der Waals surface area (Å²) >= 11 is 5.86. The molecule has 0 unspecified atom stereocenters. The zero-order chi connectivity index (χ0) is 11.4. The molecule has 0 atom stereocenters. The number of hydrogen-bond donors (Lipinski definition) is 1. The van der Waals surface area contributed by atoms with Crippen LogP contribution < -0.4 is 10.9 Å². The van der Waals surface area contributed by atoms with Crippen molar-refractivity contribution >= 4 is 17.3 Å². The molecule has 0 aliphatic carbocycles. The molecule has 0 saturated carbocycles. The predicted molar refractivity (Wildman–Crippen MR) is 61.5 cm³/mol. The fourth-order valence-electron chi connectivity index (χ4n) is 1.05. The first-order valence-electron chi connectivity index (χ1n) is 4.63. The first-order chi connectivity index (χ1) is 7.02. The van der Waals surface area contributed by atoms with E-state index in [2.05, 4.69) is 10.4 Å². The van der Waals surface area contributed by atoms with Crippen LogP contribution in [0.4, 0.5) is 5.69 Å². The predicted octanol–water partition coefficient (Wildman–Crippen LogP) is 0.407. The number of rotatable bonds is 4. The quantitative estimate of drug-likeness (QED) is 0.814. The van der Waals surface area contributed by atoms with E-state index < -0.39 is 0 Å². The lowest BCUT2D eigenvalue weighted by Crippen LogP contribution is -2.24. The monoisotopic (exact) mass is 230 g/mol. The average Bonchev–Trinajstić information content (AvgIpc) is 2.18. The molecule has 1 N–H and O–H groups in total. The Balaban J connectivity index is 2.71. The van der Waals surface area contributed by atoms with Crippen LogP contribution in [-0.4, -0.2) is 41.9 Å². The molecule has 15 heavy (non-hydrogen) atoms. The van der Waals surface area contributed by atoms with Gasteiger partial charge >= 0.3 is 0 Å². The molecule has 84 valence electrons. The SMILES string of the molecule is CN(C)CCNc1cnn(C)c(=O)c1Cl. The van der Waals surface area contributed by atoms with Crippen molar-refractivity contribution in [1.29, 1.82) is 0 Å². The molecule has 0 saturated heterocycles. The lowest BCUT2D eigenvalue weighted by atomic mass is 10.4. The summed E-state index contributed by atoms with van der Waals surface area (Å²) in [5.41, 5.74) is 0.299. The molecule has 0 spiro atoms. The van der Waals surface area contributed by atoms with E-state index in [1.54, 1.807) is 13.2 Å². The summed E-state index contributed by atoms with van der Waals surface area (Å²) in [4.78, 5) is 13.4. The Hall–Kier alpha value is -1.07.